The van der Waals surface area contributed by atoms with Crippen molar-refractivity contribution in [1.29, 1.82) is 0 Å². The van der Waals surface area contributed by atoms with Gasteiger partial charge < -0.3 is 13.7 Å². The molecule has 1 fully saturated rings. The highest BCUT2D eigenvalue weighted by Crippen LogP contribution is 2.30. The zero-order valence-corrected chi connectivity index (χ0v) is 18.0. The predicted octanol–water partition coefficient (Wildman–Crippen LogP) is 4.23. The number of carbonyl (C=O) groups is 1. The van der Waals surface area contributed by atoms with Crippen molar-refractivity contribution in [2.24, 2.45) is 0 Å². The van der Waals surface area contributed by atoms with E-state index in [0.717, 1.165) is 16.5 Å². The van der Waals surface area contributed by atoms with Crippen LogP contribution in [0.4, 0.5) is 0 Å². The summed E-state index contributed by atoms with van der Waals surface area (Å²) in [7, 11) is -3.15. The summed E-state index contributed by atoms with van der Waals surface area (Å²) in [5, 5.41) is 0.892. The summed E-state index contributed by atoms with van der Waals surface area (Å²) in [5.41, 5.74) is 2.48. The van der Waals surface area contributed by atoms with Crippen molar-refractivity contribution in [1.82, 2.24) is 4.90 Å². The predicted molar refractivity (Wildman–Crippen MR) is 109 cm³/mol. The molecule has 0 bridgehead atoms. The van der Waals surface area contributed by atoms with Gasteiger partial charge >= 0.3 is 0 Å². The summed E-state index contributed by atoms with van der Waals surface area (Å²) >= 11 is 3.26. The minimum Gasteiger partial charge on any atom is -0.452 e. The minimum absolute atomic E-state index is 0.0427. The van der Waals surface area contributed by atoms with Crippen LogP contribution in [0, 0.1) is 13.8 Å². The molecular formula is C20H20BrNO5S. The summed E-state index contributed by atoms with van der Waals surface area (Å²) in [4.78, 5) is 15.0. The van der Waals surface area contributed by atoms with E-state index in [4.69, 9.17) is 8.83 Å². The topological polar surface area (TPSA) is 80.7 Å². The molecule has 28 heavy (non-hydrogen) atoms. The summed E-state index contributed by atoms with van der Waals surface area (Å²) in [5.74, 6) is 0.547. The first-order valence-electron chi connectivity index (χ1n) is 8.99. The van der Waals surface area contributed by atoms with Crippen LogP contribution in [0.15, 0.2) is 43.8 Å². The Labute approximate surface area is 171 Å². The molecule has 1 aromatic carbocycles. The van der Waals surface area contributed by atoms with E-state index in [-0.39, 0.29) is 29.7 Å². The molecule has 2 aromatic heterocycles. The third-order valence-electron chi connectivity index (χ3n) is 5.15. The van der Waals surface area contributed by atoms with E-state index < -0.39 is 15.9 Å². The van der Waals surface area contributed by atoms with E-state index in [1.54, 1.807) is 17.0 Å². The Morgan fingerprint density at radius 3 is 2.64 bits per heavy atom. The summed E-state index contributed by atoms with van der Waals surface area (Å²) in [6.45, 7) is 4.02. The number of benzene rings is 1. The molecule has 0 unspecified atom stereocenters. The van der Waals surface area contributed by atoms with Crippen molar-refractivity contribution in [3.63, 3.8) is 0 Å². The fourth-order valence-corrected chi connectivity index (χ4v) is 5.73. The van der Waals surface area contributed by atoms with E-state index >= 15 is 0 Å². The third-order valence-corrected chi connectivity index (χ3v) is 7.33. The van der Waals surface area contributed by atoms with Gasteiger partial charge in [-0.15, -0.1) is 0 Å². The van der Waals surface area contributed by atoms with Crippen molar-refractivity contribution in [2.45, 2.75) is 32.9 Å². The summed E-state index contributed by atoms with van der Waals surface area (Å²) in [6.07, 6.45) is 0.411. The number of sulfone groups is 1. The largest absolute Gasteiger partial charge is 0.452 e. The maximum Gasteiger partial charge on any atom is 0.290 e. The molecule has 0 radical (unpaired) electrons. The maximum atomic E-state index is 13.4. The highest BCUT2D eigenvalue weighted by atomic mass is 79.9. The standard InChI is InChI=1S/C20H20BrNO5S/c1-12-3-5-17-16(9-12)13(2)19(27-17)20(23)22(10-15-4-6-18(21)26-15)14-7-8-28(24,25)11-14/h3-6,9,14H,7-8,10-11H2,1-2H3/t14-/m1/s1. The van der Waals surface area contributed by atoms with E-state index in [0.29, 0.717) is 22.4 Å². The van der Waals surface area contributed by atoms with E-state index in [2.05, 4.69) is 15.9 Å². The van der Waals surface area contributed by atoms with Gasteiger partial charge in [0.1, 0.15) is 11.3 Å². The smallest absolute Gasteiger partial charge is 0.290 e. The Balaban J connectivity index is 1.73. The Kier molecular flexibility index (Phi) is 4.87. The Morgan fingerprint density at radius 1 is 1.21 bits per heavy atom. The van der Waals surface area contributed by atoms with Gasteiger partial charge in [-0.2, -0.15) is 0 Å². The second kappa shape index (κ2) is 7.08. The van der Waals surface area contributed by atoms with Crippen LogP contribution >= 0.6 is 15.9 Å². The lowest BCUT2D eigenvalue weighted by Gasteiger charge is -2.26. The molecule has 1 aliphatic heterocycles. The quantitative estimate of drug-likeness (QED) is 0.575. The zero-order valence-electron chi connectivity index (χ0n) is 15.6. The highest BCUT2D eigenvalue weighted by molar-refractivity contribution is 9.10. The fourth-order valence-electron chi connectivity index (χ4n) is 3.66. The van der Waals surface area contributed by atoms with Crippen LogP contribution in [0.3, 0.4) is 0 Å². The fraction of sp³-hybridized carbons (Fsp3) is 0.350. The van der Waals surface area contributed by atoms with Crippen molar-refractivity contribution >= 4 is 42.6 Å². The van der Waals surface area contributed by atoms with Gasteiger partial charge in [-0.25, -0.2) is 8.42 Å². The molecular weight excluding hydrogens is 446 g/mol. The lowest BCUT2D eigenvalue weighted by molar-refractivity contribution is 0.0634. The van der Waals surface area contributed by atoms with Crippen molar-refractivity contribution in [3.05, 3.63) is 57.6 Å². The van der Waals surface area contributed by atoms with E-state index in [1.807, 2.05) is 32.0 Å². The van der Waals surface area contributed by atoms with Gasteiger partial charge in [0.25, 0.3) is 5.91 Å². The molecule has 4 rings (SSSR count). The monoisotopic (exact) mass is 465 g/mol. The highest BCUT2D eigenvalue weighted by Gasteiger charge is 2.37. The summed E-state index contributed by atoms with van der Waals surface area (Å²) in [6, 6.07) is 8.87. The molecule has 3 heterocycles. The number of fused-ring (bicyclic) bond motifs is 1. The second-order valence-electron chi connectivity index (χ2n) is 7.25. The molecule has 3 aromatic rings. The van der Waals surface area contributed by atoms with Crippen LogP contribution < -0.4 is 0 Å². The van der Waals surface area contributed by atoms with Crippen LogP contribution in [-0.2, 0) is 16.4 Å². The second-order valence-corrected chi connectivity index (χ2v) is 10.3. The van der Waals surface area contributed by atoms with Gasteiger partial charge in [-0.05, 0) is 60.5 Å². The molecule has 0 spiro atoms. The first-order chi connectivity index (χ1) is 13.2. The number of nitrogens with zero attached hydrogens (tertiary/aromatic N) is 1. The third kappa shape index (κ3) is 3.63. The first-order valence-corrected chi connectivity index (χ1v) is 11.6. The van der Waals surface area contributed by atoms with Crippen LogP contribution in [0.1, 0.15) is 33.9 Å². The molecule has 148 valence electrons. The molecule has 1 atom stereocenters. The average molecular weight is 466 g/mol. The number of hydrogen-bond acceptors (Lipinski definition) is 5. The minimum atomic E-state index is -3.15. The number of halogens is 1. The van der Waals surface area contributed by atoms with Crippen LogP contribution in [0.2, 0.25) is 0 Å². The Bertz CT molecular complexity index is 1160. The number of amides is 1. The van der Waals surface area contributed by atoms with Gasteiger partial charge in [0.15, 0.2) is 20.3 Å². The van der Waals surface area contributed by atoms with Gasteiger partial charge in [0.2, 0.25) is 0 Å². The normalized spacial score (nSPS) is 18.6. The molecule has 1 amide bonds. The molecule has 1 aliphatic rings. The van der Waals surface area contributed by atoms with E-state index in [1.165, 1.54) is 0 Å². The van der Waals surface area contributed by atoms with E-state index in [9.17, 15) is 13.2 Å². The number of rotatable bonds is 4. The number of carbonyl (C=O) groups excluding carboxylic acids is 1. The molecule has 0 saturated carbocycles. The zero-order chi connectivity index (χ0) is 20.1. The molecule has 6 nitrogen and oxygen atoms in total. The lowest BCUT2D eigenvalue weighted by atomic mass is 10.1. The maximum absolute atomic E-state index is 13.4. The van der Waals surface area contributed by atoms with Crippen molar-refractivity contribution in [3.8, 4) is 0 Å². The van der Waals surface area contributed by atoms with Crippen molar-refractivity contribution in [2.75, 3.05) is 11.5 Å². The van der Waals surface area contributed by atoms with Crippen LogP contribution in [-0.4, -0.2) is 36.8 Å². The SMILES string of the molecule is Cc1ccc2oc(C(=O)N(Cc3ccc(Br)o3)[C@@H]3CCS(=O)(=O)C3)c(C)c2c1. The number of aryl methyl sites for hydroxylation is 2. The molecule has 1 saturated heterocycles. The number of hydrogen-bond donors (Lipinski definition) is 0. The van der Waals surface area contributed by atoms with Gasteiger partial charge in [0, 0.05) is 17.0 Å². The number of furan rings is 2. The molecule has 8 heteroatoms. The summed E-state index contributed by atoms with van der Waals surface area (Å²) < 4.78 is 36.0. The lowest BCUT2D eigenvalue weighted by Crippen LogP contribution is -2.40. The average Bonchev–Trinajstić information content (AvgIpc) is 3.30. The van der Waals surface area contributed by atoms with Crippen LogP contribution in [0.5, 0.6) is 0 Å². The molecule has 0 aliphatic carbocycles. The Hall–Kier alpha value is -2.06. The van der Waals surface area contributed by atoms with Gasteiger partial charge in [-0.3, -0.25) is 4.79 Å². The van der Waals surface area contributed by atoms with Crippen LogP contribution in [0.25, 0.3) is 11.0 Å². The molecule has 0 N–H and O–H groups in total. The first kappa shape index (κ1) is 19.3. The van der Waals surface area contributed by atoms with Gasteiger partial charge in [0.05, 0.1) is 18.1 Å². The Morgan fingerprint density at radius 2 is 2.00 bits per heavy atom. The van der Waals surface area contributed by atoms with Crippen molar-refractivity contribution < 1.29 is 22.0 Å². The van der Waals surface area contributed by atoms with Gasteiger partial charge in [-0.1, -0.05) is 11.6 Å².